The molecule has 0 radical (unpaired) electrons. The zero-order chi connectivity index (χ0) is 15.5. The molecule has 1 heterocycles. The molecule has 1 aliphatic heterocycles. The lowest BCUT2D eigenvalue weighted by Gasteiger charge is -2.19. The quantitative estimate of drug-likeness (QED) is 0.633. The van der Waals surface area contributed by atoms with Crippen molar-refractivity contribution in [1.29, 1.82) is 0 Å². The summed E-state index contributed by atoms with van der Waals surface area (Å²) in [5.74, 6) is 0.493. The summed E-state index contributed by atoms with van der Waals surface area (Å²) in [5.41, 5.74) is 1.14. The predicted octanol–water partition coefficient (Wildman–Crippen LogP) is 3.91. The molecule has 5 nitrogen and oxygen atoms in total. The maximum atomic E-state index is 10.7. The standard InChI is InChI=1S/C16H15ClN2O3/c17-15-10-13(19(20)21)6-7-16(15)22-14-8-9-18(11-14)12-4-2-1-3-5-12/h1-7,10,14H,8-9,11H2. The molecule has 0 amide bonds. The molecule has 114 valence electrons. The van der Waals surface area contributed by atoms with E-state index >= 15 is 0 Å². The summed E-state index contributed by atoms with van der Waals surface area (Å²) in [6, 6.07) is 14.4. The fourth-order valence-electron chi connectivity index (χ4n) is 2.58. The van der Waals surface area contributed by atoms with Crippen LogP contribution in [0.4, 0.5) is 11.4 Å². The maximum absolute atomic E-state index is 10.7. The molecule has 2 aromatic carbocycles. The number of para-hydroxylation sites is 1. The van der Waals surface area contributed by atoms with Crippen molar-refractivity contribution < 1.29 is 9.66 Å². The van der Waals surface area contributed by atoms with Gasteiger partial charge in [-0.25, -0.2) is 0 Å². The minimum atomic E-state index is -0.470. The molecule has 22 heavy (non-hydrogen) atoms. The third-order valence-electron chi connectivity index (χ3n) is 3.69. The summed E-state index contributed by atoms with van der Waals surface area (Å²) in [7, 11) is 0. The number of nitro benzene ring substituents is 1. The van der Waals surface area contributed by atoms with Crippen LogP contribution >= 0.6 is 11.6 Å². The van der Waals surface area contributed by atoms with Crippen molar-refractivity contribution in [2.75, 3.05) is 18.0 Å². The van der Waals surface area contributed by atoms with Crippen molar-refractivity contribution in [1.82, 2.24) is 0 Å². The summed E-state index contributed by atoms with van der Waals surface area (Å²) in [6.07, 6.45) is 0.918. The van der Waals surface area contributed by atoms with Gasteiger partial charge in [0.2, 0.25) is 0 Å². The van der Waals surface area contributed by atoms with Crippen molar-refractivity contribution in [2.45, 2.75) is 12.5 Å². The lowest BCUT2D eigenvalue weighted by molar-refractivity contribution is -0.384. The Morgan fingerprint density at radius 2 is 2.00 bits per heavy atom. The van der Waals surface area contributed by atoms with Crippen LogP contribution in [0.5, 0.6) is 5.75 Å². The lowest BCUT2D eigenvalue weighted by atomic mass is 10.3. The summed E-state index contributed by atoms with van der Waals surface area (Å²) in [5, 5.41) is 11.0. The third-order valence-corrected chi connectivity index (χ3v) is 3.98. The zero-order valence-corrected chi connectivity index (χ0v) is 12.6. The first-order valence-corrected chi connectivity index (χ1v) is 7.42. The molecule has 0 aliphatic carbocycles. The van der Waals surface area contributed by atoms with Crippen LogP contribution < -0.4 is 9.64 Å². The van der Waals surface area contributed by atoms with Crippen molar-refractivity contribution >= 4 is 23.0 Å². The van der Waals surface area contributed by atoms with E-state index in [1.165, 1.54) is 17.8 Å². The van der Waals surface area contributed by atoms with Crippen LogP contribution in [0.25, 0.3) is 0 Å². The van der Waals surface area contributed by atoms with E-state index in [1.807, 2.05) is 18.2 Å². The van der Waals surface area contributed by atoms with Gasteiger partial charge < -0.3 is 9.64 Å². The van der Waals surface area contributed by atoms with E-state index in [0.29, 0.717) is 5.75 Å². The fourth-order valence-corrected chi connectivity index (χ4v) is 2.80. The van der Waals surface area contributed by atoms with E-state index in [9.17, 15) is 10.1 Å². The summed E-state index contributed by atoms with van der Waals surface area (Å²) in [6.45, 7) is 1.69. The van der Waals surface area contributed by atoms with Crippen molar-refractivity contribution in [2.24, 2.45) is 0 Å². The summed E-state index contributed by atoms with van der Waals surface area (Å²) < 4.78 is 5.90. The van der Waals surface area contributed by atoms with E-state index in [0.717, 1.165) is 19.5 Å². The molecule has 0 N–H and O–H groups in total. The molecule has 2 aromatic rings. The van der Waals surface area contributed by atoms with Crippen LogP contribution in [0.3, 0.4) is 0 Å². The molecular weight excluding hydrogens is 304 g/mol. The minimum Gasteiger partial charge on any atom is -0.487 e. The number of ether oxygens (including phenoxy) is 1. The lowest BCUT2D eigenvalue weighted by Crippen LogP contribution is -2.24. The van der Waals surface area contributed by atoms with E-state index in [2.05, 4.69) is 17.0 Å². The molecule has 6 heteroatoms. The van der Waals surface area contributed by atoms with E-state index in [-0.39, 0.29) is 16.8 Å². The van der Waals surface area contributed by atoms with Gasteiger partial charge in [0.05, 0.1) is 16.5 Å². The normalized spacial score (nSPS) is 17.5. The maximum Gasteiger partial charge on any atom is 0.271 e. The van der Waals surface area contributed by atoms with Crippen LogP contribution in [-0.2, 0) is 0 Å². The highest BCUT2D eigenvalue weighted by atomic mass is 35.5. The smallest absolute Gasteiger partial charge is 0.271 e. The number of hydrogen-bond donors (Lipinski definition) is 0. The highest BCUT2D eigenvalue weighted by Crippen LogP contribution is 2.31. The molecular formula is C16H15ClN2O3. The Morgan fingerprint density at radius 1 is 1.23 bits per heavy atom. The van der Waals surface area contributed by atoms with E-state index < -0.39 is 4.92 Å². The molecule has 1 atom stereocenters. The number of halogens is 1. The van der Waals surface area contributed by atoms with Gasteiger partial charge in [0.15, 0.2) is 0 Å². The minimum absolute atomic E-state index is 0.0270. The first-order valence-electron chi connectivity index (χ1n) is 7.04. The fraction of sp³-hybridized carbons (Fsp3) is 0.250. The second-order valence-electron chi connectivity index (χ2n) is 5.18. The van der Waals surface area contributed by atoms with Gasteiger partial charge in [0.25, 0.3) is 5.69 Å². The van der Waals surface area contributed by atoms with Crippen LogP contribution in [0.15, 0.2) is 48.5 Å². The summed E-state index contributed by atoms with van der Waals surface area (Å²) in [4.78, 5) is 12.5. The molecule has 0 spiro atoms. The monoisotopic (exact) mass is 318 g/mol. The van der Waals surface area contributed by atoms with Gasteiger partial charge in [0, 0.05) is 30.8 Å². The Morgan fingerprint density at radius 3 is 2.68 bits per heavy atom. The largest absolute Gasteiger partial charge is 0.487 e. The van der Waals surface area contributed by atoms with Gasteiger partial charge in [-0.3, -0.25) is 10.1 Å². The van der Waals surface area contributed by atoms with Crippen LogP contribution in [0.2, 0.25) is 5.02 Å². The Kier molecular flexibility index (Phi) is 4.15. The first-order chi connectivity index (χ1) is 10.6. The Bertz CT molecular complexity index is 678. The first kappa shape index (κ1) is 14.7. The molecule has 0 aromatic heterocycles. The van der Waals surface area contributed by atoms with E-state index in [4.69, 9.17) is 16.3 Å². The van der Waals surface area contributed by atoms with Crippen molar-refractivity contribution in [3.8, 4) is 5.75 Å². The number of hydrogen-bond acceptors (Lipinski definition) is 4. The van der Waals surface area contributed by atoms with Crippen LogP contribution in [-0.4, -0.2) is 24.1 Å². The van der Waals surface area contributed by atoms with E-state index in [1.54, 1.807) is 6.07 Å². The molecule has 1 aliphatic rings. The number of anilines is 1. The van der Waals surface area contributed by atoms with Gasteiger partial charge in [-0.1, -0.05) is 29.8 Å². The van der Waals surface area contributed by atoms with Gasteiger partial charge in [-0.05, 0) is 18.2 Å². The Balaban J connectivity index is 1.66. The highest BCUT2D eigenvalue weighted by Gasteiger charge is 2.25. The molecule has 3 rings (SSSR count). The molecule has 0 saturated carbocycles. The predicted molar refractivity (Wildman–Crippen MR) is 85.8 cm³/mol. The van der Waals surface area contributed by atoms with Gasteiger partial charge in [0.1, 0.15) is 11.9 Å². The average Bonchev–Trinajstić information content (AvgIpc) is 2.98. The van der Waals surface area contributed by atoms with Crippen molar-refractivity contribution in [3.05, 3.63) is 63.7 Å². The number of nitrogens with zero attached hydrogens (tertiary/aromatic N) is 2. The molecule has 1 unspecified atom stereocenters. The molecule has 0 bridgehead atoms. The van der Waals surface area contributed by atoms with Gasteiger partial charge in [-0.2, -0.15) is 0 Å². The zero-order valence-electron chi connectivity index (χ0n) is 11.8. The third kappa shape index (κ3) is 3.14. The molecule has 1 saturated heterocycles. The summed E-state index contributed by atoms with van der Waals surface area (Å²) >= 11 is 6.06. The number of benzene rings is 2. The Hall–Kier alpha value is -2.27. The Labute approximate surface area is 133 Å². The average molecular weight is 319 g/mol. The second kappa shape index (κ2) is 6.23. The SMILES string of the molecule is O=[N+]([O-])c1ccc(OC2CCN(c3ccccc3)C2)c(Cl)c1. The van der Waals surface area contributed by atoms with Crippen LogP contribution in [0.1, 0.15) is 6.42 Å². The number of rotatable bonds is 4. The molecule has 1 fully saturated rings. The number of nitro groups is 1. The van der Waals surface area contributed by atoms with Crippen LogP contribution in [0, 0.1) is 10.1 Å². The van der Waals surface area contributed by atoms with Gasteiger partial charge in [-0.15, -0.1) is 0 Å². The van der Waals surface area contributed by atoms with Crippen molar-refractivity contribution in [3.63, 3.8) is 0 Å². The highest BCUT2D eigenvalue weighted by molar-refractivity contribution is 6.32. The number of non-ortho nitro benzene ring substituents is 1. The second-order valence-corrected chi connectivity index (χ2v) is 5.59. The van der Waals surface area contributed by atoms with Gasteiger partial charge >= 0.3 is 0 Å². The topological polar surface area (TPSA) is 55.6 Å².